The summed E-state index contributed by atoms with van der Waals surface area (Å²) in [7, 11) is 0. The minimum absolute atomic E-state index is 0.245. The van der Waals surface area contributed by atoms with Gasteiger partial charge in [0, 0.05) is 29.6 Å². The van der Waals surface area contributed by atoms with Crippen molar-refractivity contribution in [3.8, 4) is 11.3 Å². The number of nitrogens with one attached hydrogen (secondary N) is 3. The number of rotatable bonds is 6. The zero-order valence-electron chi connectivity index (χ0n) is 25.4. The second kappa shape index (κ2) is 12.3. The van der Waals surface area contributed by atoms with Crippen LogP contribution in [0.5, 0.6) is 0 Å². The fourth-order valence-electron chi connectivity index (χ4n) is 5.54. The van der Waals surface area contributed by atoms with Gasteiger partial charge in [-0.25, -0.2) is 4.79 Å². The second-order valence-corrected chi connectivity index (χ2v) is 12.2. The molecule has 1 aliphatic heterocycles. The van der Waals surface area contributed by atoms with Crippen LogP contribution in [0.4, 0.5) is 10.5 Å². The van der Waals surface area contributed by atoms with Crippen LogP contribution in [0.25, 0.3) is 22.0 Å². The summed E-state index contributed by atoms with van der Waals surface area (Å²) in [6, 6.07) is 18.5. The van der Waals surface area contributed by atoms with Crippen LogP contribution in [0.3, 0.4) is 0 Å². The summed E-state index contributed by atoms with van der Waals surface area (Å²) >= 11 is 0. The standard InChI is InChI=1S/C34H39N5O4/c1-21-13-14-25(37-32(41)30-12-8-9-17-39(30)33(42)43-34(3,4)5)20-27(21)31(40)36-22(2)28-19-24(29-15-16-35-38-29)18-23-10-6-7-11-26(23)28/h6-7,10-11,13-16,18-20,22,30H,8-9,12,17H2,1-5H3,(H,35,38)(H,36,40)(H,37,41)/t22-,30-/m1/s1. The van der Waals surface area contributed by atoms with Gasteiger partial charge in [-0.15, -0.1) is 0 Å². The molecule has 224 valence electrons. The smallest absolute Gasteiger partial charge is 0.410 e. The highest BCUT2D eigenvalue weighted by Gasteiger charge is 2.35. The number of benzene rings is 3. The number of anilines is 1. The van der Waals surface area contributed by atoms with Gasteiger partial charge in [0.1, 0.15) is 11.6 Å². The molecule has 2 atom stereocenters. The number of nitrogens with zero attached hydrogens (tertiary/aromatic N) is 2. The number of ether oxygens (including phenoxy) is 1. The molecule has 1 aromatic heterocycles. The Morgan fingerprint density at radius 2 is 1.84 bits per heavy atom. The van der Waals surface area contributed by atoms with Crippen molar-refractivity contribution in [1.82, 2.24) is 20.4 Å². The lowest BCUT2D eigenvalue weighted by molar-refractivity contribution is -0.122. The number of carbonyl (C=O) groups excluding carboxylic acids is 3. The van der Waals surface area contributed by atoms with E-state index in [1.165, 1.54) is 4.90 Å². The van der Waals surface area contributed by atoms with Gasteiger partial charge in [0.05, 0.1) is 11.7 Å². The number of likely N-dealkylation sites (tertiary alicyclic amines) is 1. The Balaban J connectivity index is 1.34. The number of carbonyl (C=O) groups is 3. The molecule has 1 aliphatic rings. The topological polar surface area (TPSA) is 116 Å². The van der Waals surface area contributed by atoms with Gasteiger partial charge in [0.2, 0.25) is 5.91 Å². The highest BCUT2D eigenvalue weighted by Crippen LogP contribution is 2.31. The number of H-pyrrole nitrogens is 1. The molecule has 5 rings (SSSR count). The average molecular weight is 582 g/mol. The maximum absolute atomic E-state index is 13.6. The molecule has 0 bridgehead atoms. The van der Waals surface area contributed by atoms with Crippen LogP contribution in [0, 0.1) is 6.92 Å². The van der Waals surface area contributed by atoms with E-state index in [9.17, 15) is 14.4 Å². The Morgan fingerprint density at radius 3 is 2.58 bits per heavy atom. The van der Waals surface area contributed by atoms with Gasteiger partial charge in [-0.1, -0.05) is 30.3 Å². The van der Waals surface area contributed by atoms with E-state index >= 15 is 0 Å². The van der Waals surface area contributed by atoms with Crippen LogP contribution < -0.4 is 10.6 Å². The zero-order valence-corrected chi connectivity index (χ0v) is 25.4. The number of hydrogen-bond acceptors (Lipinski definition) is 5. The van der Waals surface area contributed by atoms with Gasteiger partial charge in [-0.05, 0) is 106 Å². The number of aromatic amines is 1. The molecule has 0 aliphatic carbocycles. The Bertz CT molecular complexity index is 1640. The molecule has 1 fully saturated rings. The lowest BCUT2D eigenvalue weighted by Crippen LogP contribution is -2.51. The highest BCUT2D eigenvalue weighted by atomic mass is 16.6. The van der Waals surface area contributed by atoms with E-state index in [0.29, 0.717) is 24.2 Å². The lowest BCUT2D eigenvalue weighted by Gasteiger charge is -2.35. The number of hydrogen-bond donors (Lipinski definition) is 3. The van der Waals surface area contributed by atoms with E-state index in [2.05, 4.69) is 45.1 Å². The highest BCUT2D eigenvalue weighted by molar-refractivity contribution is 6.00. The normalized spacial score (nSPS) is 16.0. The molecular formula is C34H39N5O4. The summed E-state index contributed by atoms with van der Waals surface area (Å²) in [6.45, 7) is 9.71. The maximum atomic E-state index is 13.6. The molecule has 9 nitrogen and oxygen atoms in total. The number of amides is 3. The van der Waals surface area contributed by atoms with E-state index in [-0.39, 0.29) is 17.9 Å². The fourth-order valence-corrected chi connectivity index (χ4v) is 5.54. The molecular weight excluding hydrogens is 542 g/mol. The molecule has 9 heteroatoms. The first-order valence-electron chi connectivity index (χ1n) is 14.7. The minimum Gasteiger partial charge on any atom is -0.444 e. The lowest BCUT2D eigenvalue weighted by atomic mass is 9.95. The third-order valence-electron chi connectivity index (χ3n) is 7.70. The average Bonchev–Trinajstić information content (AvgIpc) is 3.52. The van der Waals surface area contributed by atoms with Gasteiger partial charge < -0.3 is 15.4 Å². The maximum Gasteiger partial charge on any atom is 0.410 e. The summed E-state index contributed by atoms with van der Waals surface area (Å²) in [5.74, 6) is -0.540. The molecule has 3 amide bonds. The number of aromatic nitrogens is 2. The van der Waals surface area contributed by atoms with Crippen molar-refractivity contribution >= 4 is 34.4 Å². The van der Waals surface area contributed by atoms with Crippen LogP contribution in [0.1, 0.15) is 74.5 Å². The molecule has 0 saturated carbocycles. The van der Waals surface area contributed by atoms with Gasteiger partial charge in [-0.3, -0.25) is 19.6 Å². The fraction of sp³-hybridized carbons (Fsp3) is 0.353. The molecule has 0 unspecified atom stereocenters. The van der Waals surface area contributed by atoms with E-state index < -0.39 is 17.7 Å². The molecule has 43 heavy (non-hydrogen) atoms. The second-order valence-electron chi connectivity index (χ2n) is 12.2. The largest absolute Gasteiger partial charge is 0.444 e. The molecule has 2 heterocycles. The summed E-state index contributed by atoms with van der Waals surface area (Å²) in [5, 5.41) is 15.3. The SMILES string of the molecule is Cc1ccc(NC(=O)[C@H]2CCCCN2C(=O)OC(C)(C)C)cc1C(=O)N[C@H](C)c1cc(-c2ccn[nH]2)cc2ccccc12. The van der Waals surface area contributed by atoms with Gasteiger partial charge >= 0.3 is 6.09 Å². The van der Waals surface area contributed by atoms with Crippen molar-refractivity contribution in [2.75, 3.05) is 11.9 Å². The zero-order chi connectivity index (χ0) is 30.7. The van der Waals surface area contributed by atoms with Crippen LogP contribution >= 0.6 is 0 Å². The Kier molecular flexibility index (Phi) is 8.52. The minimum atomic E-state index is -0.654. The molecule has 3 N–H and O–H groups in total. The molecule has 1 saturated heterocycles. The van der Waals surface area contributed by atoms with Crippen molar-refractivity contribution in [3.05, 3.63) is 83.6 Å². The van der Waals surface area contributed by atoms with E-state index in [1.807, 2.05) is 58.9 Å². The predicted molar refractivity (Wildman–Crippen MR) is 168 cm³/mol. The van der Waals surface area contributed by atoms with Crippen LogP contribution in [-0.4, -0.2) is 51.2 Å². The molecule has 4 aromatic rings. The van der Waals surface area contributed by atoms with Crippen LogP contribution in [-0.2, 0) is 9.53 Å². The van der Waals surface area contributed by atoms with E-state index in [1.54, 1.807) is 18.3 Å². The first-order chi connectivity index (χ1) is 20.5. The van der Waals surface area contributed by atoms with Crippen molar-refractivity contribution in [2.45, 2.75) is 71.6 Å². The van der Waals surface area contributed by atoms with Gasteiger partial charge in [-0.2, -0.15) is 5.10 Å². The van der Waals surface area contributed by atoms with E-state index in [4.69, 9.17) is 4.74 Å². The first kappa shape index (κ1) is 29.8. The van der Waals surface area contributed by atoms with Crippen molar-refractivity contribution in [1.29, 1.82) is 0 Å². The third kappa shape index (κ3) is 6.88. The molecule has 0 radical (unpaired) electrons. The van der Waals surface area contributed by atoms with Crippen molar-refractivity contribution in [3.63, 3.8) is 0 Å². The Hall–Kier alpha value is -4.66. The van der Waals surface area contributed by atoms with Crippen LogP contribution in [0.2, 0.25) is 0 Å². The van der Waals surface area contributed by atoms with Crippen molar-refractivity contribution < 1.29 is 19.1 Å². The number of piperidine rings is 1. The summed E-state index contributed by atoms with van der Waals surface area (Å²) in [5.41, 5.74) is 3.95. The molecule has 3 aromatic carbocycles. The quantitative estimate of drug-likeness (QED) is 0.233. The summed E-state index contributed by atoms with van der Waals surface area (Å²) in [4.78, 5) is 41.3. The Morgan fingerprint density at radius 1 is 1.05 bits per heavy atom. The summed E-state index contributed by atoms with van der Waals surface area (Å²) in [6.07, 6.45) is 3.43. The van der Waals surface area contributed by atoms with E-state index in [0.717, 1.165) is 46.0 Å². The predicted octanol–water partition coefficient (Wildman–Crippen LogP) is 6.76. The van der Waals surface area contributed by atoms with Gasteiger partial charge in [0.15, 0.2) is 0 Å². The summed E-state index contributed by atoms with van der Waals surface area (Å²) < 4.78 is 5.55. The molecule has 0 spiro atoms. The monoisotopic (exact) mass is 581 g/mol. The Labute approximate surface area is 252 Å². The van der Waals surface area contributed by atoms with Crippen LogP contribution in [0.15, 0.2) is 66.9 Å². The first-order valence-corrected chi connectivity index (χ1v) is 14.7. The van der Waals surface area contributed by atoms with Crippen molar-refractivity contribution in [2.24, 2.45) is 0 Å². The van der Waals surface area contributed by atoms with Gasteiger partial charge in [0.25, 0.3) is 5.91 Å². The third-order valence-corrected chi connectivity index (χ3v) is 7.70. The number of aryl methyl sites for hydroxylation is 1. The number of fused-ring (bicyclic) bond motifs is 1.